The smallest absolute Gasteiger partial charge is 0.233 e. The first-order chi connectivity index (χ1) is 13.8. The van der Waals surface area contributed by atoms with Gasteiger partial charge in [0.1, 0.15) is 5.82 Å². The number of hydrogen-bond donors (Lipinski definition) is 1. The van der Waals surface area contributed by atoms with Gasteiger partial charge in [-0.05, 0) is 49.6 Å². The standard InChI is InChI=1S/C21H25FN4O2S/c1-13(2)12-26-19(18-6-5-11-28-18)24-25-21(26)29-15(4)20(27)23-14(3)16-7-9-17(22)10-8-16/h5-11,13-15H,12H2,1-4H3,(H,23,27)/t14-,15+/m0/s1. The quantitative estimate of drug-likeness (QED) is 0.539. The van der Waals surface area contributed by atoms with Crippen LogP contribution in [0.4, 0.5) is 4.39 Å². The number of thioether (sulfide) groups is 1. The molecule has 2 atom stereocenters. The fraction of sp³-hybridized carbons (Fsp3) is 0.381. The number of furan rings is 1. The molecule has 0 bridgehead atoms. The fourth-order valence-corrected chi connectivity index (χ4v) is 3.74. The molecule has 3 aromatic rings. The van der Waals surface area contributed by atoms with Crippen molar-refractivity contribution in [2.24, 2.45) is 5.92 Å². The lowest BCUT2D eigenvalue weighted by molar-refractivity contribution is -0.120. The van der Waals surface area contributed by atoms with Crippen LogP contribution in [-0.4, -0.2) is 25.9 Å². The van der Waals surface area contributed by atoms with E-state index in [0.29, 0.717) is 29.2 Å². The maximum Gasteiger partial charge on any atom is 0.233 e. The van der Waals surface area contributed by atoms with Crippen LogP contribution >= 0.6 is 11.8 Å². The Morgan fingerprint density at radius 1 is 1.17 bits per heavy atom. The highest BCUT2D eigenvalue weighted by atomic mass is 32.2. The van der Waals surface area contributed by atoms with Crippen molar-refractivity contribution < 1.29 is 13.6 Å². The number of hydrogen-bond acceptors (Lipinski definition) is 5. The zero-order valence-electron chi connectivity index (χ0n) is 16.9. The number of halogens is 1. The monoisotopic (exact) mass is 416 g/mol. The number of carbonyl (C=O) groups excluding carboxylic acids is 1. The molecule has 154 valence electrons. The minimum Gasteiger partial charge on any atom is -0.461 e. The third-order valence-corrected chi connectivity index (χ3v) is 5.47. The second kappa shape index (κ2) is 9.26. The number of aromatic nitrogens is 3. The summed E-state index contributed by atoms with van der Waals surface area (Å²) >= 11 is 1.35. The van der Waals surface area contributed by atoms with Gasteiger partial charge in [0.25, 0.3) is 0 Å². The average molecular weight is 417 g/mol. The first kappa shape index (κ1) is 21.1. The number of nitrogens with zero attached hydrogens (tertiary/aromatic N) is 3. The molecule has 0 saturated carbocycles. The summed E-state index contributed by atoms with van der Waals surface area (Å²) in [6.45, 7) is 8.64. The van der Waals surface area contributed by atoms with Crippen molar-refractivity contribution in [3.63, 3.8) is 0 Å². The van der Waals surface area contributed by atoms with Crippen LogP contribution in [0.25, 0.3) is 11.6 Å². The van der Waals surface area contributed by atoms with E-state index in [1.807, 2.05) is 30.5 Å². The Morgan fingerprint density at radius 2 is 1.90 bits per heavy atom. The molecule has 1 aromatic carbocycles. The summed E-state index contributed by atoms with van der Waals surface area (Å²) in [6.07, 6.45) is 1.60. The fourth-order valence-electron chi connectivity index (χ4n) is 2.87. The molecular weight excluding hydrogens is 391 g/mol. The molecule has 0 unspecified atom stereocenters. The molecule has 0 radical (unpaired) electrons. The van der Waals surface area contributed by atoms with E-state index in [0.717, 1.165) is 5.56 Å². The third kappa shape index (κ3) is 5.26. The molecule has 0 spiro atoms. The van der Waals surface area contributed by atoms with Crippen molar-refractivity contribution in [3.8, 4) is 11.6 Å². The van der Waals surface area contributed by atoms with Gasteiger partial charge >= 0.3 is 0 Å². The zero-order valence-corrected chi connectivity index (χ0v) is 17.7. The lowest BCUT2D eigenvalue weighted by atomic mass is 10.1. The summed E-state index contributed by atoms with van der Waals surface area (Å²) in [5.41, 5.74) is 0.847. The molecule has 29 heavy (non-hydrogen) atoms. The maximum atomic E-state index is 13.1. The number of nitrogens with one attached hydrogen (secondary N) is 1. The zero-order chi connectivity index (χ0) is 21.0. The molecule has 0 aliphatic carbocycles. The van der Waals surface area contributed by atoms with Crippen LogP contribution < -0.4 is 5.32 Å². The van der Waals surface area contributed by atoms with Crippen LogP contribution in [0.3, 0.4) is 0 Å². The van der Waals surface area contributed by atoms with Gasteiger partial charge in [0.05, 0.1) is 17.6 Å². The lowest BCUT2D eigenvalue weighted by Gasteiger charge is -2.18. The van der Waals surface area contributed by atoms with E-state index in [4.69, 9.17) is 4.42 Å². The van der Waals surface area contributed by atoms with Crippen LogP contribution in [0.5, 0.6) is 0 Å². The predicted molar refractivity (Wildman–Crippen MR) is 111 cm³/mol. The first-order valence-electron chi connectivity index (χ1n) is 9.54. The SMILES string of the molecule is CC(C)Cn1c(S[C@H](C)C(=O)N[C@@H](C)c2ccc(F)cc2)nnc1-c1ccco1. The normalized spacial score (nSPS) is 13.4. The van der Waals surface area contributed by atoms with E-state index in [1.54, 1.807) is 18.4 Å². The molecule has 0 aliphatic heterocycles. The summed E-state index contributed by atoms with van der Waals surface area (Å²) in [7, 11) is 0. The lowest BCUT2D eigenvalue weighted by Crippen LogP contribution is -2.33. The van der Waals surface area contributed by atoms with E-state index in [-0.39, 0.29) is 23.0 Å². The van der Waals surface area contributed by atoms with Gasteiger partial charge in [0.2, 0.25) is 5.91 Å². The van der Waals surface area contributed by atoms with Crippen LogP contribution in [0, 0.1) is 11.7 Å². The molecule has 0 fully saturated rings. The minimum absolute atomic E-state index is 0.120. The Balaban J connectivity index is 1.71. The van der Waals surface area contributed by atoms with E-state index in [2.05, 4.69) is 29.4 Å². The second-order valence-corrected chi connectivity index (χ2v) is 8.64. The Kier molecular flexibility index (Phi) is 6.74. The average Bonchev–Trinajstić information content (AvgIpc) is 3.32. The molecule has 1 N–H and O–H groups in total. The predicted octanol–water partition coefficient (Wildman–Crippen LogP) is 4.69. The summed E-state index contributed by atoms with van der Waals surface area (Å²) in [5, 5.41) is 11.8. The Hall–Kier alpha value is -2.61. The molecule has 0 saturated heterocycles. The van der Waals surface area contributed by atoms with Crippen LogP contribution in [0.2, 0.25) is 0 Å². The van der Waals surface area contributed by atoms with Crippen LogP contribution in [-0.2, 0) is 11.3 Å². The van der Waals surface area contributed by atoms with Gasteiger partial charge < -0.3 is 9.73 Å². The highest BCUT2D eigenvalue weighted by molar-refractivity contribution is 8.00. The maximum absolute atomic E-state index is 13.1. The van der Waals surface area contributed by atoms with Crippen molar-refractivity contribution in [2.75, 3.05) is 0 Å². The van der Waals surface area contributed by atoms with Crippen molar-refractivity contribution in [1.29, 1.82) is 0 Å². The number of amides is 1. The van der Waals surface area contributed by atoms with E-state index in [9.17, 15) is 9.18 Å². The topological polar surface area (TPSA) is 73.0 Å². The van der Waals surface area contributed by atoms with Crippen LogP contribution in [0.1, 0.15) is 39.3 Å². The van der Waals surface area contributed by atoms with Gasteiger partial charge in [-0.1, -0.05) is 37.7 Å². The van der Waals surface area contributed by atoms with Gasteiger partial charge in [-0.2, -0.15) is 0 Å². The van der Waals surface area contributed by atoms with Crippen molar-refractivity contribution in [3.05, 3.63) is 54.0 Å². The molecule has 2 heterocycles. The largest absolute Gasteiger partial charge is 0.461 e. The van der Waals surface area contributed by atoms with Gasteiger partial charge in [-0.25, -0.2) is 4.39 Å². The summed E-state index contributed by atoms with van der Waals surface area (Å²) in [6, 6.07) is 9.55. The molecule has 0 aliphatic rings. The third-order valence-electron chi connectivity index (χ3n) is 4.39. The Morgan fingerprint density at radius 3 is 2.52 bits per heavy atom. The molecule has 8 heteroatoms. The van der Waals surface area contributed by atoms with E-state index >= 15 is 0 Å². The summed E-state index contributed by atoms with van der Waals surface area (Å²) in [5.74, 6) is 1.26. The van der Waals surface area contributed by atoms with E-state index < -0.39 is 0 Å². The second-order valence-electron chi connectivity index (χ2n) is 7.33. The van der Waals surface area contributed by atoms with E-state index in [1.165, 1.54) is 23.9 Å². The summed E-state index contributed by atoms with van der Waals surface area (Å²) < 4.78 is 20.6. The van der Waals surface area contributed by atoms with Crippen molar-refractivity contribution in [1.82, 2.24) is 20.1 Å². The van der Waals surface area contributed by atoms with Gasteiger partial charge in [0.15, 0.2) is 16.7 Å². The van der Waals surface area contributed by atoms with Gasteiger partial charge in [0, 0.05) is 6.54 Å². The van der Waals surface area contributed by atoms with Crippen molar-refractivity contribution >= 4 is 17.7 Å². The Bertz CT molecular complexity index is 938. The highest BCUT2D eigenvalue weighted by Crippen LogP contribution is 2.28. The first-order valence-corrected chi connectivity index (χ1v) is 10.4. The molecule has 2 aromatic heterocycles. The van der Waals surface area contributed by atoms with Gasteiger partial charge in [-0.3, -0.25) is 9.36 Å². The minimum atomic E-state index is -0.377. The Labute approximate surface area is 173 Å². The highest BCUT2D eigenvalue weighted by Gasteiger charge is 2.23. The number of benzene rings is 1. The molecule has 6 nitrogen and oxygen atoms in total. The number of carbonyl (C=O) groups is 1. The van der Waals surface area contributed by atoms with Crippen molar-refractivity contribution in [2.45, 2.75) is 50.7 Å². The van der Waals surface area contributed by atoms with Crippen LogP contribution in [0.15, 0.2) is 52.2 Å². The summed E-state index contributed by atoms with van der Waals surface area (Å²) in [4.78, 5) is 12.7. The molecular formula is C21H25FN4O2S. The number of rotatable bonds is 8. The molecule has 1 amide bonds. The molecule has 3 rings (SSSR count). The van der Waals surface area contributed by atoms with Gasteiger partial charge in [-0.15, -0.1) is 10.2 Å².